The van der Waals surface area contributed by atoms with Crippen molar-refractivity contribution >= 4 is 11.8 Å². The van der Waals surface area contributed by atoms with E-state index in [1.807, 2.05) is 41.3 Å². The first kappa shape index (κ1) is 14.5. The molecule has 0 saturated carbocycles. The topological polar surface area (TPSA) is 77.8 Å². The van der Waals surface area contributed by atoms with Gasteiger partial charge in [-0.1, -0.05) is 30.3 Å². The molecule has 2 aliphatic rings. The Hall–Kier alpha value is -3.13. The molecule has 0 aliphatic carbocycles. The van der Waals surface area contributed by atoms with Crippen LogP contribution in [0.4, 0.5) is 0 Å². The van der Waals surface area contributed by atoms with Crippen molar-refractivity contribution in [1.29, 1.82) is 5.26 Å². The van der Waals surface area contributed by atoms with E-state index in [-0.39, 0.29) is 6.04 Å². The van der Waals surface area contributed by atoms with Gasteiger partial charge >= 0.3 is 0 Å². The molecule has 1 atom stereocenters. The molecule has 0 bridgehead atoms. The summed E-state index contributed by atoms with van der Waals surface area (Å²) in [5.41, 5.74) is 9.87. The van der Waals surface area contributed by atoms with Gasteiger partial charge in [-0.25, -0.2) is 4.99 Å². The van der Waals surface area contributed by atoms with Crippen LogP contribution in [0.2, 0.25) is 0 Å². The smallest absolute Gasteiger partial charge is 0.197 e. The summed E-state index contributed by atoms with van der Waals surface area (Å²) >= 11 is 0. The second-order valence-electron chi connectivity index (χ2n) is 5.95. The molecule has 2 aliphatic heterocycles. The number of rotatable bonds is 2. The molecule has 24 heavy (non-hydrogen) atoms. The predicted octanol–water partition coefficient (Wildman–Crippen LogP) is 2.70. The van der Waals surface area contributed by atoms with E-state index in [0.717, 1.165) is 42.0 Å². The molecule has 0 radical (unpaired) electrons. The van der Waals surface area contributed by atoms with Crippen LogP contribution in [0.25, 0.3) is 11.1 Å². The normalized spacial score (nSPS) is 19.3. The highest BCUT2D eigenvalue weighted by Crippen LogP contribution is 2.31. The van der Waals surface area contributed by atoms with E-state index in [4.69, 9.17) is 11.0 Å². The number of aliphatic imine (C=N–C) groups is 2. The standard InChI is InChI=1S/C19H17N5/c20-12-13-4-1-5-14(10-13)15-6-2-7-16(11-15)17-18-22-8-3-9-24(18)19(21)23-17/h1-2,4-7,10-11,17H,3,8-9H2,(H2,21,23). The van der Waals surface area contributed by atoms with Gasteiger partial charge in [-0.05, 0) is 41.3 Å². The van der Waals surface area contributed by atoms with E-state index in [1.165, 1.54) is 0 Å². The van der Waals surface area contributed by atoms with E-state index in [0.29, 0.717) is 11.5 Å². The van der Waals surface area contributed by atoms with Gasteiger partial charge < -0.3 is 5.73 Å². The molecule has 118 valence electrons. The minimum atomic E-state index is -0.135. The van der Waals surface area contributed by atoms with Crippen LogP contribution in [0.1, 0.15) is 23.6 Å². The molecule has 0 fully saturated rings. The van der Waals surface area contributed by atoms with Gasteiger partial charge in [0.15, 0.2) is 5.96 Å². The highest BCUT2D eigenvalue weighted by molar-refractivity contribution is 6.07. The summed E-state index contributed by atoms with van der Waals surface area (Å²) in [6, 6.07) is 17.9. The van der Waals surface area contributed by atoms with Gasteiger partial charge in [-0.15, -0.1) is 0 Å². The van der Waals surface area contributed by atoms with E-state index in [9.17, 15) is 0 Å². The van der Waals surface area contributed by atoms with Gasteiger partial charge in [0.1, 0.15) is 11.9 Å². The molecule has 0 aromatic heterocycles. The van der Waals surface area contributed by atoms with Crippen molar-refractivity contribution in [3.8, 4) is 17.2 Å². The molecule has 1 unspecified atom stereocenters. The van der Waals surface area contributed by atoms with Crippen molar-refractivity contribution in [2.75, 3.05) is 13.1 Å². The molecule has 0 amide bonds. The second-order valence-corrected chi connectivity index (χ2v) is 5.95. The minimum absolute atomic E-state index is 0.135. The van der Waals surface area contributed by atoms with Crippen LogP contribution in [0.5, 0.6) is 0 Å². The largest absolute Gasteiger partial charge is 0.369 e. The lowest BCUT2D eigenvalue weighted by Gasteiger charge is -2.24. The zero-order chi connectivity index (χ0) is 16.5. The zero-order valence-corrected chi connectivity index (χ0v) is 13.2. The molecule has 2 aromatic carbocycles. The molecule has 0 saturated heterocycles. The van der Waals surface area contributed by atoms with E-state index < -0.39 is 0 Å². The summed E-state index contributed by atoms with van der Waals surface area (Å²) in [5.74, 6) is 1.50. The van der Waals surface area contributed by atoms with Crippen LogP contribution in [0.3, 0.4) is 0 Å². The van der Waals surface area contributed by atoms with Crippen LogP contribution in [0.15, 0.2) is 58.5 Å². The van der Waals surface area contributed by atoms with Gasteiger partial charge in [0, 0.05) is 13.1 Å². The number of nitrogens with zero attached hydrogens (tertiary/aromatic N) is 4. The number of amidine groups is 1. The summed E-state index contributed by atoms with van der Waals surface area (Å²) in [7, 11) is 0. The van der Waals surface area contributed by atoms with Crippen molar-refractivity contribution in [2.45, 2.75) is 12.5 Å². The third-order valence-corrected chi connectivity index (χ3v) is 4.40. The van der Waals surface area contributed by atoms with Gasteiger partial charge in [-0.3, -0.25) is 9.89 Å². The fourth-order valence-electron chi connectivity index (χ4n) is 3.23. The number of hydrogen-bond acceptors (Lipinski definition) is 5. The van der Waals surface area contributed by atoms with Crippen LogP contribution < -0.4 is 5.73 Å². The van der Waals surface area contributed by atoms with E-state index >= 15 is 0 Å². The SMILES string of the molecule is N#Cc1cccc(-c2cccc(C3N=C(N)N4CCCN=C34)c2)c1. The van der Waals surface area contributed by atoms with Crippen molar-refractivity contribution in [2.24, 2.45) is 15.7 Å². The summed E-state index contributed by atoms with van der Waals surface area (Å²) < 4.78 is 0. The van der Waals surface area contributed by atoms with Gasteiger partial charge in [-0.2, -0.15) is 5.26 Å². The Labute approximate surface area is 140 Å². The van der Waals surface area contributed by atoms with Crippen LogP contribution in [0, 0.1) is 11.3 Å². The van der Waals surface area contributed by atoms with Crippen LogP contribution in [-0.4, -0.2) is 29.8 Å². The molecular formula is C19H17N5. The summed E-state index contributed by atoms with van der Waals surface area (Å²) in [6.45, 7) is 1.71. The molecular weight excluding hydrogens is 298 g/mol. The van der Waals surface area contributed by atoms with Crippen LogP contribution >= 0.6 is 0 Å². The maximum atomic E-state index is 9.09. The maximum Gasteiger partial charge on any atom is 0.197 e. The third kappa shape index (κ3) is 2.42. The second kappa shape index (κ2) is 5.82. The lowest BCUT2D eigenvalue weighted by molar-refractivity contribution is 0.545. The lowest BCUT2D eigenvalue weighted by Crippen LogP contribution is -2.41. The summed E-state index contributed by atoms with van der Waals surface area (Å²) in [5, 5.41) is 9.09. The minimum Gasteiger partial charge on any atom is -0.369 e. The first-order valence-electron chi connectivity index (χ1n) is 8.02. The average molecular weight is 315 g/mol. The number of hydrogen-bond donors (Lipinski definition) is 1. The zero-order valence-electron chi connectivity index (χ0n) is 13.2. The van der Waals surface area contributed by atoms with Crippen molar-refractivity contribution in [3.63, 3.8) is 0 Å². The first-order valence-corrected chi connectivity index (χ1v) is 8.02. The molecule has 5 nitrogen and oxygen atoms in total. The average Bonchev–Trinajstić information content (AvgIpc) is 2.99. The fraction of sp³-hybridized carbons (Fsp3) is 0.211. The number of fused-ring (bicyclic) bond motifs is 1. The van der Waals surface area contributed by atoms with E-state index in [2.05, 4.69) is 28.2 Å². The lowest BCUT2D eigenvalue weighted by atomic mass is 9.98. The molecule has 0 spiro atoms. The molecule has 2 heterocycles. The molecule has 5 heteroatoms. The Bertz CT molecular complexity index is 891. The van der Waals surface area contributed by atoms with Crippen LogP contribution in [-0.2, 0) is 0 Å². The number of nitriles is 1. The molecule has 2 N–H and O–H groups in total. The fourth-order valence-corrected chi connectivity index (χ4v) is 3.23. The number of guanidine groups is 1. The Morgan fingerprint density at radius 2 is 1.92 bits per heavy atom. The highest BCUT2D eigenvalue weighted by Gasteiger charge is 2.33. The Balaban J connectivity index is 1.73. The van der Waals surface area contributed by atoms with E-state index in [1.54, 1.807) is 0 Å². The molecule has 4 rings (SSSR count). The molecule has 2 aromatic rings. The highest BCUT2D eigenvalue weighted by atomic mass is 15.4. The third-order valence-electron chi connectivity index (χ3n) is 4.40. The number of benzene rings is 2. The Morgan fingerprint density at radius 1 is 1.12 bits per heavy atom. The van der Waals surface area contributed by atoms with Crippen molar-refractivity contribution in [3.05, 3.63) is 59.7 Å². The quantitative estimate of drug-likeness (QED) is 0.925. The van der Waals surface area contributed by atoms with Crippen molar-refractivity contribution in [1.82, 2.24) is 4.90 Å². The Kier molecular flexibility index (Phi) is 3.51. The maximum absolute atomic E-state index is 9.09. The first-order chi connectivity index (χ1) is 11.8. The van der Waals surface area contributed by atoms with Gasteiger partial charge in [0.25, 0.3) is 0 Å². The number of nitrogens with two attached hydrogens (primary N) is 1. The summed E-state index contributed by atoms with van der Waals surface area (Å²) in [6.07, 6.45) is 1.01. The van der Waals surface area contributed by atoms with Gasteiger partial charge in [0.2, 0.25) is 0 Å². The van der Waals surface area contributed by atoms with Gasteiger partial charge in [0.05, 0.1) is 11.6 Å². The Morgan fingerprint density at radius 3 is 2.75 bits per heavy atom. The monoisotopic (exact) mass is 315 g/mol. The summed E-state index contributed by atoms with van der Waals surface area (Å²) in [4.78, 5) is 11.3. The predicted molar refractivity (Wildman–Crippen MR) is 94.6 cm³/mol. The van der Waals surface area contributed by atoms with Crippen molar-refractivity contribution < 1.29 is 0 Å².